The van der Waals surface area contributed by atoms with E-state index in [0.29, 0.717) is 0 Å². The normalized spacial score (nSPS) is 17.4. The Morgan fingerprint density at radius 1 is 0.880 bits per heavy atom. The summed E-state index contributed by atoms with van der Waals surface area (Å²) in [6.45, 7) is 18.7. The first-order chi connectivity index (χ1) is 11.9. The molecule has 1 saturated heterocycles. The first-order valence-corrected chi connectivity index (χ1v) is 16.6. The molecule has 3 nitrogen and oxygen atoms in total. The van der Waals surface area contributed by atoms with Crippen LogP contribution < -0.4 is 0 Å². The van der Waals surface area contributed by atoms with Gasteiger partial charge in [-0.2, -0.15) is 0 Å². The van der Waals surface area contributed by atoms with Crippen molar-refractivity contribution in [1.29, 1.82) is 0 Å². The zero-order valence-electron chi connectivity index (χ0n) is 18.2. The number of piperidine rings is 1. The minimum absolute atomic E-state index is 1.25. The number of unbranched alkanes of at least 4 members (excludes halogenated alkanes) is 1. The van der Waals surface area contributed by atoms with Gasteiger partial charge in [0.25, 0.3) is 0 Å². The van der Waals surface area contributed by atoms with E-state index in [9.17, 15) is 0 Å². The standard InChI is InChI=1S/C20H46N2OSi2/c1-7-25(8-2,9-3)22(17-13-14-20-24(5,6)23-4)19-18-21-15-11-10-12-16-21/h7-20H2,1-6H3. The van der Waals surface area contributed by atoms with E-state index >= 15 is 0 Å². The molecule has 0 bridgehead atoms. The van der Waals surface area contributed by atoms with Crippen molar-refractivity contribution >= 4 is 16.6 Å². The minimum Gasteiger partial charge on any atom is -0.420 e. The van der Waals surface area contributed by atoms with Gasteiger partial charge in [0.15, 0.2) is 8.32 Å². The van der Waals surface area contributed by atoms with Crippen molar-refractivity contribution in [3.63, 3.8) is 0 Å². The highest BCUT2D eigenvalue weighted by atomic mass is 28.4. The Hall–Kier alpha value is 0.314. The molecule has 1 aliphatic rings. The molecule has 25 heavy (non-hydrogen) atoms. The van der Waals surface area contributed by atoms with Crippen LogP contribution in [0.15, 0.2) is 0 Å². The summed E-state index contributed by atoms with van der Waals surface area (Å²) in [5.41, 5.74) is 0. The SMILES string of the molecule is CC[Si](CC)(CC)N(CCCC[Si](C)(C)OC)CCN1CCCCC1. The van der Waals surface area contributed by atoms with Gasteiger partial charge in [-0.05, 0) is 76.2 Å². The maximum Gasteiger partial charge on any atom is 0.186 e. The van der Waals surface area contributed by atoms with Crippen molar-refractivity contribution in [2.75, 3.05) is 39.8 Å². The molecule has 0 spiro atoms. The van der Waals surface area contributed by atoms with Crippen LogP contribution in [0.25, 0.3) is 0 Å². The fraction of sp³-hybridized carbons (Fsp3) is 1.00. The molecular formula is C20H46N2OSi2. The molecule has 0 radical (unpaired) electrons. The predicted octanol–water partition coefficient (Wildman–Crippen LogP) is 5.41. The largest absolute Gasteiger partial charge is 0.420 e. The van der Waals surface area contributed by atoms with Crippen LogP contribution >= 0.6 is 0 Å². The molecule has 1 heterocycles. The molecule has 0 aromatic heterocycles. The minimum atomic E-state index is -1.38. The predicted molar refractivity (Wildman–Crippen MR) is 118 cm³/mol. The Balaban J connectivity index is 2.57. The van der Waals surface area contributed by atoms with Gasteiger partial charge in [-0.1, -0.05) is 33.6 Å². The summed E-state index contributed by atoms with van der Waals surface area (Å²) >= 11 is 0. The van der Waals surface area contributed by atoms with Crippen LogP contribution in [0.1, 0.15) is 52.9 Å². The van der Waals surface area contributed by atoms with Gasteiger partial charge in [-0.25, -0.2) is 0 Å². The van der Waals surface area contributed by atoms with Crippen molar-refractivity contribution in [3.8, 4) is 0 Å². The molecule has 0 N–H and O–H groups in total. The van der Waals surface area contributed by atoms with Crippen molar-refractivity contribution in [1.82, 2.24) is 9.47 Å². The summed E-state index contributed by atoms with van der Waals surface area (Å²) in [7, 11) is -0.726. The second kappa shape index (κ2) is 11.9. The van der Waals surface area contributed by atoms with Crippen LogP contribution in [-0.4, -0.2) is 65.9 Å². The lowest BCUT2D eigenvalue weighted by molar-refractivity contribution is 0.209. The van der Waals surface area contributed by atoms with E-state index in [-0.39, 0.29) is 0 Å². The van der Waals surface area contributed by atoms with Gasteiger partial charge < -0.3 is 13.9 Å². The third-order valence-electron chi connectivity index (χ3n) is 6.79. The van der Waals surface area contributed by atoms with Crippen LogP contribution in [0.2, 0.25) is 37.3 Å². The molecule has 0 amide bonds. The second-order valence-corrected chi connectivity index (χ2v) is 18.2. The van der Waals surface area contributed by atoms with E-state index in [1.165, 1.54) is 89.0 Å². The Kier molecular flexibility index (Phi) is 11.1. The topological polar surface area (TPSA) is 15.7 Å². The van der Waals surface area contributed by atoms with Gasteiger partial charge in [0, 0.05) is 20.2 Å². The maximum atomic E-state index is 5.73. The zero-order chi connectivity index (χ0) is 18.8. The summed E-state index contributed by atoms with van der Waals surface area (Å²) in [5.74, 6) is 0. The molecule has 5 heteroatoms. The lowest BCUT2D eigenvalue weighted by Gasteiger charge is -2.42. The first-order valence-electron chi connectivity index (χ1n) is 11.0. The average molecular weight is 387 g/mol. The molecule has 1 aliphatic heterocycles. The van der Waals surface area contributed by atoms with Gasteiger partial charge >= 0.3 is 0 Å². The lowest BCUT2D eigenvalue weighted by Crippen LogP contribution is -2.55. The van der Waals surface area contributed by atoms with Crippen molar-refractivity contribution in [2.24, 2.45) is 0 Å². The van der Waals surface area contributed by atoms with Crippen molar-refractivity contribution in [2.45, 2.75) is 90.1 Å². The Labute approximate surface area is 160 Å². The molecule has 0 aromatic rings. The first kappa shape index (κ1) is 23.4. The summed E-state index contributed by atoms with van der Waals surface area (Å²) in [5, 5.41) is 0. The van der Waals surface area contributed by atoms with E-state index in [2.05, 4.69) is 43.3 Å². The van der Waals surface area contributed by atoms with E-state index < -0.39 is 16.6 Å². The Morgan fingerprint density at radius 2 is 1.48 bits per heavy atom. The van der Waals surface area contributed by atoms with Crippen LogP contribution in [0.3, 0.4) is 0 Å². The van der Waals surface area contributed by atoms with E-state index in [1.807, 2.05) is 7.11 Å². The zero-order valence-corrected chi connectivity index (χ0v) is 20.2. The molecule has 0 unspecified atom stereocenters. The van der Waals surface area contributed by atoms with Gasteiger partial charge in [0.1, 0.15) is 8.24 Å². The fourth-order valence-electron chi connectivity index (χ4n) is 4.41. The highest BCUT2D eigenvalue weighted by Gasteiger charge is 2.34. The molecule has 0 aliphatic carbocycles. The third-order valence-corrected chi connectivity index (χ3v) is 15.2. The van der Waals surface area contributed by atoms with Gasteiger partial charge in [-0.15, -0.1) is 0 Å². The smallest absolute Gasteiger partial charge is 0.186 e. The van der Waals surface area contributed by atoms with Gasteiger partial charge in [0.05, 0.1) is 0 Å². The van der Waals surface area contributed by atoms with Crippen LogP contribution in [0, 0.1) is 0 Å². The molecule has 0 aromatic carbocycles. The maximum absolute atomic E-state index is 5.73. The van der Waals surface area contributed by atoms with Crippen molar-refractivity contribution < 1.29 is 4.43 Å². The van der Waals surface area contributed by atoms with Gasteiger partial charge in [0.2, 0.25) is 0 Å². The van der Waals surface area contributed by atoms with E-state index in [1.54, 1.807) is 0 Å². The summed E-state index contributed by atoms with van der Waals surface area (Å²) in [6, 6.07) is 5.55. The number of nitrogens with zero attached hydrogens (tertiary/aromatic N) is 2. The summed E-state index contributed by atoms with van der Waals surface area (Å²) in [6.07, 6.45) is 6.96. The quantitative estimate of drug-likeness (QED) is 0.311. The van der Waals surface area contributed by atoms with E-state index in [0.717, 1.165) is 0 Å². The molecule has 0 atom stereocenters. The molecule has 1 rings (SSSR count). The molecule has 150 valence electrons. The Morgan fingerprint density at radius 3 is 2.00 bits per heavy atom. The van der Waals surface area contributed by atoms with Crippen LogP contribution in [-0.2, 0) is 4.43 Å². The monoisotopic (exact) mass is 386 g/mol. The summed E-state index contributed by atoms with van der Waals surface area (Å²) in [4.78, 5) is 2.72. The average Bonchev–Trinajstić information content (AvgIpc) is 2.64. The highest BCUT2D eigenvalue weighted by molar-refractivity contribution is 6.77. The Bertz CT molecular complexity index is 334. The molecule has 1 fully saturated rings. The second-order valence-electron chi connectivity index (χ2n) is 8.60. The number of rotatable bonds is 13. The number of likely N-dealkylation sites (tertiary alicyclic amines) is 1. The number of hydrogen-bond donors (Lipinski definition) is 0. The third kappa shape index (κ3) is 7.83. The van der Waals surface area contributed by atoms with Crippen molar-refractivity contribution in [3.05, 3.63) is 0 Å². The highest BCUT2D eigenvalue weighted by Crippen LogP contribution is 2.26. The van der Waals surface area contributed by atoms with Crippen LogP contribution in [0.5, 0.6) is 0 Å². The van der Waals surface area contributed by atoms with E-state index in [4.69, 9.17) is 4.43 Å². The lowest BCUT2D eigenvalue weighted by atomic mass is 10.1. The van der Waals surface area contributed by atoms with Gasteiger partial charge in [-0.3, -0.25) is 0 Å². The summed E-state index contributed by atoms with van der Waals surface area (Å²) < 4.78 is 8.72. The molecular weight excluding hydrogens is 340 g/mol. The fourth-order valence-corrected chi connectivity index (χ4v) is 9.76. The molecule has 0 saturated carbocycles. The number of hydrogen-bond acceptors (Lipinski definition) is 3. The van der Waals surface area contributed by atoms with Crippen LogP contribution in [0.4, 0.5) is 0 Å².